The molecule has 0 amide bonds. The molecule has 98 valence electrons. The number of benzene rings is 1. The number of halogens is 5. The largest absolute Gasteiger partial charge is 0.416 e. The molecule has 0 saturated heterocycles. The lowest BCUT2D eigenvalue weighted by Gasteiger charge is -2.15. The molecular formula is C9H5Cl2F3N2OS. The summed E-state index contributed by atoms with van der Waals surface area (Å²) in [7, 11) is -2.95. The molecule has 0 radical (unpaired) electrons. The molecule has 1 atom stereocenters. The van der Waals surface area contributed by atoms with Gasteiger partial charge in [0.1, 0.15) is 10.9 Å². The van der Waals surface area contributed by atoms with Gasteiger partial charge in [-0.3, -0.25) is 0 Å². The zero-order valence-electron chi connectivity index (χ0n) is 8.76. The highest BCUT2D eigenvalue weighted by Gasteiger charge is 2.33. The Morgan fingerprint density at radius 3 is 2.44 bits per heavy atom. The summed E-state index contributed by atoms with van der Waals surface area (Å²) in [6.07, 6.45) is -3.34. The summed E-state index contributed by atoms with van der Waals surface area (Å²) in [6.45, 7) is 0. The van der Waals surface area contributed by atoms with E-state index in [1.165, 1.54) is 6.26 Å². The van der Waals surface area contributed by atoms with Crippen LogP contribution in [0.25, 0.3) is 0 Å². The molecule has 18 heavy (non-hydrogen) atoms. The molecule has 1 aromatic carbocycles. The molecule has 0 spiro atoms. The maximum atomic E-state index is 12.6. The van der Waals surface area contributed by atoms with E-state index in [2.05, 4.69) is 8.76 Å². The van der Waals surface area contributed by atoms with Crippen LogP contribution in [-0.2, 0) is 16.1 Å². The number of hydrogen-bond acceptors (Lipinski definition) is 2. The third kappa shape index (κ3) is 2.48. The monoisotopic (exact) mass is 316 g/mol. The molecule has 0 bridgehead atoms. The highest BCUT2D eigenvalue weighted by Crippen LogP contribution is 2.40. The smallest absolute Gasteiger partial charge is 0.226 e. The summed E-state index contributed by atoms with van der Waals surface area (Å²) < 4.78 is 56.7. The zero-order valence-corrected chi connectivity index (χ0v) is 11.1. The van der Waals surface area contributed by atoms with Crippen LogP contribution < -0.4 is 0 Å². The van der Waals surface area contributed by atoms with Crippen LogP contribution >= 0.6 is 23.2 Å². The van der Waals surface area contributed by atoms with Gasteiger partial charge in [-0.15, -0.1) is 0 Å². The fourth-order valence-corrected chi connectivity index (χ4v) is 3.21. The lowest BCUT2D eigenvalue weighted by Crippen LogP contribution is -2.10. The first-order valence-electron chi connectivity index (χ1n) is 4.49. The average Bonchev–Trinajstić information content (AvgIpc) is 2.16. The van der Waals surface area contributed by atoms with Crippen molar-refractivity contribution in [3.8, 4) is 0 Å². The summed E-state index contributed by atoms with van der Waals surface area (Å²) in [5.74, 6) is 0. The molecule has 0 saturated carbocycles. The van der Waals surface area contributed by atoms with Crippen LogP contribution in [0, 0.1) is 0 Å². The van der Waals surface area contributed by atoms with Gasteiger partial charge in [0.15, 0.2) is 9.92 Å². The fourth-order valence-electron chi connectivity index (χ4n) is 1.40. The Bertz CT molecular complexity index is 675. The summed E-state index contributed by atoms with van der Waals surface area (Å²) in [6, 6.07) is 1.50. The molecule has 0 aliphatic carbocycles. The quantitative estimate of drug-likeness (QED) is 0.713. The molecule has 1 aliphatic heterocycles. The van der Waals surface area contributed by atoms with Crippen LogP contribution in [0.5, 0.6) is 0 Å². The molecule has 3 nitrogen and oxygen atoms in total. The summed E-state index contributed by atoms with van der Waals surface area (Å²) >= 11 is 11.4. The number of nitrogens with zero attached hydrogens (tertiary/aromatic N) is 2. The van der Waals surface area contributed by atoms with E-state index >= 15 is 0 Å². The van der Waals surface area contributed by atoms with Crippen LogP contribution in [-0.4, -0.2) is 15.6 Å². The van der Waals surface area contributed by atoms with Gasteiger partial charge in [0.25, 0.3) is 0 Å². The Morgan fingerprint density at radius 1 is 1.28 bits per heavy atom. The molecule has 2 rings (SSSR count). The van der Waals surface area contributed by atoms with Gasteiger partial charge in [-0.2, -0.15) is 21.9 Å². The van der Waals surface area contributed by atoms with Crippen molar-refractivity contribution in [1.29, 1.82) is 0 Å². The van der Waals surface area contributed by atoms with Crippen molar-refractivity contribution in [2.75, 3.05) is 6.26 Å². The highest BCUT2D eigenvalue weighted by atomic mass is 35.5. The number of fused-ring (bicyclic) bond motifs is 1. The van der Waals surface area contributed by atoms with Gasteiger partial charge in [0.2, 0.25) is 0 Å². The molecule has 1 aromatic rings. The van der Waals surface area contributed by atoms with Gasteiger partial charge in [0.05, 0.1) is 10.6 Å². The maximum absolute atomic E-state index is 12.6. The zero-order chi connectivity index (χ0) is 13.7. The molecule has 1 heterocycles. The lowest BCUT2D eigenvalue weighted by atomic mass is 10.1. The number of rotatable bonds is 0. The van der Waals surface area contributed by atoms with Gasteiger partial charge < -0.3 is 0 Å². The third-order valence-corrected chi connectivity index (χ3v) is 3.84. The number of alkyl halides is 3. The second kappa shape index (κ2) is 4.11. The van der Waals surface area contributed by atoms with Gasteiger partial charge in [-0.1, -0.05) is 23.2 Å². The van der Waals surface area contributed by atoms with Crippen LogP contribution in [0.4, 0.5) is 18.9 Å². The second-order valence-electron chi connectivity index (χ2n) is 3.59. The SMILES string of the molecule is CS1(=O)=Nc2c(Cl)cc(C(F)(F)F)cc2C(Cl)=N1. The van der Waals surface area contributed by atoms with Gasteiger partial charge in [0, 0.05) is 11.8 Å². The summed E-state index contributed by atoms with van der Waals surface area (Å²) in [5, 5.41) is -0.553. The van der Waals surface area contributed by atoms with Crippen molar-refractivity contribution in [2.45, 2.75) is 6.18 Å². The Morgan fingerprint density at radius 2 is 1.89 bits per heavy atom. The third-order valence-electron chi connectivity index (χ3n) is 2.12. The van der Waals surface area contributed by atoms with Crippen molar-refractivity contribution >= 4 is 44.0 Å². The van der Waals surface area contributed by atoms with Crippen LogP contribution in [0.1, 0.15) is 11.1 Å². The van der Waals surface area contributed by atoms with Gasteiger partial charge >= 0.3 is 6.18 Å². The van der Waals surface area contributed by atoms with E-state index in [1.807, 2.05) is 0 Å². The van der Waals surface area contributed by atoms with Crippen molar-refractivity contribution in [3.63, 3.8) is 0 Å². The first kappa shape index (κ1) is 13.6. The van der Waals surface area contributed by atoms with Gasteiger partial charge in [-0.25, -0.2) is 4.21 Å². The Labute approximate surface area is 111 Å². The van der Waals surface area contributed by atoms with Crippen molar-refractivity contribution in [3.05, 3.63) is 28.3 Å². The van der Waals surface area contributed by atoms with Crippen molar-refractivity contribution in [2.24, 2.45) is 8.76 Å². The minimum atomic E-state index is -4.55. The molecule has 1 unspecified atom stereocenters. The van der Waals surface area contributed by atoms with E-state index < -0.39 is 21.7 Å². The topological polar surface area (TPSA) is 41.8 Å². The Hall–Kier alpha value is -0.790. The van der Waals surface area contributed by atoms with E-state index in [9.17, 15) is 17.4 Å². The normalized spacial score (nSPS) is 23.1. The first-order chi connectivity index (χ1) is 8.10. The fraction of sp³-hybridized carbons (Fsp3) is 0.222. The first-order valence-corrected chi connectivity index (χ1v) is 7.12. The highest BCUT2D eigenvalue weighted by molar-refractivity contribution is 7.92. The minimum absolute atomic E-state index is 0.0304. The molecule has 1 aliphatic rings. The lowest BCUT2D eigenvalue weighted by molar-refractivity contribution is -0.137. The van der Waals surface area contributed by atoms with E-state index in [1.54, 1.807) is 0 Å². The van der Waals surface area contributed by atoms with E-state index in [0.29, 0.717) is 0 Å². The molecule has 9 heteroatoms. The predicted molar refractivity (Wildman–Crippen MR) is 65.0 cm³/mol. The van der Waals surface area contributed by atoms with Crippen LogP contribution in [0.3, 0.4) is 0 Å². The molecule has 0 aromatic heterocycles. The van der Waals surface area contributed by atoms with E-state index in [4.69, 9.17) is 23.2 Å². The minimum Gasteiger partial charge on any atom is -0.226 e. The standard InChI is InChI=1S/C9H5Cl2F3N2OS/c1-18(17)15-7-5(8(11)16-18)2-4(3-6(7)10)9(12,13)14/h2-3H,1H3. The molecule has 0 fully saturated rings. The van der Waals surface area contributed by atoms with Crippen molar-refractivity contribution < 1.29 is 17.4 Å². The van der Waals surface area contributed by atoms with Gasteiger partial charge in [-0.05, 0) is 12.1 Å². The molecular weight excluding hydrogens is 312 g/mol. The average molecular weight is 317 g/mol. The van der Waals surface area contributed by atoms with E-state index in [-0.39, 0.29) is 21.4 Å². The Kier molecular flexibility index (Phi) is 3.11. The summed E-state index contributed by atoms with van der Waals surface area (Å²) in [5.41, 5.74) is -1.06. The molecule has 0 N–H and O–H groups in total. The van der Waals surface area contributed by atoms with Crippen LogP contribution in [0.2, 0.25) is 5.02 Å². The van der Waals surface area contributed by atoms with E-state index in [0.717, 1.165) is 12.1 Å². The van der Waals surface area contributed by atoms with Crippen molar-refractivity contribution in [1.82, 2.24) is 0 Å². The maximum Gasteiger partial charge on any atom is 0.416 e. The Balaban J connectivity index is 2.77. The predicted octanol–water partition coefficient (Wildman–Crippen LogP) is 4.00. The second-order valence-corrected chi connectivity index (χ2v) is 6.24. The number of hydrogen-bond donors (Lipinski definition) is 0. The summed E-state index contributed by atoms with van der Waals surface area (Å²) in [4.78, 5) is 0. The van der Waals surface area contributed by atoms with Crippen LogP contribution in [0.15, 0.2) is 20.9 Å².